The Morgan fingerprint density at radius 1 is 1.04 bits per heavy atom. The number of carbonyl (C=O) groups is 2. The molecule has 0 aliphatic rings. The predicted molar refractivity (Wildman–Crippen MR) is 100.0 cm³/mol. The molecule has 0 radical (unpaired) electrons. The zero-order valence-electron chi connectivity index (χ0n) is 16.4. The Labute approximate surface area is 163 Å². The Morgan fingerprint density at radius 2 is 1.68 bits per heavy atom. The van der Waals surface area contributed by atoms with Crippen molar-refractivity contribution in [1.82, 2.24) is 15.3 Å². The van der Waals surface area contributed by atoms with E-state index in [1.54, 1.807) is 13.8 Å². The molecule has 1 aromatic heterocycles. The van der Waals surface area contributed by atoms with Crippen LogP contribution in [0, 0.1) is 0 Å². The number of ether oxygens (including phenoxy) is 4. The van der Waals surface area contributed by atoms with E-state index in [-0.39, 0.29) is 17.9 Å². The first-order valence-corrected chi connectivity index (χ1v) is 8.37. The molecule has 2 rings (SSSR count). The highest BCUT2D eigenvalue weighted by Crippen LogP contribution is 2.38. The zero-order chi connectivity index (χ0) is 20.7. The lowest BCUT2D eigenvalue weighted by molar-refractivity contribution is 0.0388. The van der Waals surface area contributed by atoms with Gasteiger partial charge in [-0.05, 0) is 26.0 Å². The monoisotopic (exact) mass is 389 g/mol. The molecule has 0 spiro atoms. The number of hydrogen-bond acceptors (Lipinski definition) is 8. The Hall–Kier alpha value is -3.36. The fourth-order valence-electron chi connectivity index (χ4n) is 2.35. The molecule has 9 heteroatoms. The first-order chi connectivity index (χ1) is 13.3. The number of benzene rings is 1. The SMILES string of the molecule is COc1cc(C(=O)OCC(C)(C)NC(=O)c2cnccn2)cc(OC)c1OC. The van der Waals surface area contributed by atoms with Gasteiger partial charge < -0.3 is 24.3 Å². The third-order valence-electron chi connectivity index (χ3n) is 3.71. The molecule has 0 bridgehead atoms. The molecule has 0 saturated carbocycles. The molecule has 1 N–H and O–H groups in total. The van der Waals surface area contributed by atoms with Crippen molar-refractivity contribution in [1.29, 1.82) is 0 Å². The van der Waals surface area contributed by atoms with Crippen LogP contribution in [0.2, 0.25) is 0 Å². The van der Waals surface area contributed by atoms with E-state index in [1.165, 1.54) is 52.1 Å². The molecule has 0 fully saturated rings. The lowest BCUT2D eigenvalue weighted by Gasteiger charge is -2.25. The molecule has 1 heterocycles. The van der Waals surface area contributed by atoms with Crippen LogP contribution >= 0.6 is 0 Å². The van der Waals surface area contributed by atoms with Gasteiger partial charge in [-0.3, -0.25) is 9.78 Å². The lowest BCUT2D eigenvalue weighted by atomic mass is 10.1. The second kappa shape index (κ2) is 9.03. The van der Waals surface area contributed by atoms with Gasteiger partial charge in [-0.15, -0.1) is 0 Å². The van der Waals surface area contributed by atoms with Crippen molar-refractivity contribution in [2.45, 2.75) is 19.4 Å². The fourth-order valence-corrected chi connectivity index (χ4v) is 2.35. The first-order valence-electron chi connectivity index (χ1n) is 8.37. The summed E-state index contributed by atoms with van der Waals surface area (Å²) in [5.74, 6) is 0.0363. The van der Waals surface area contributed by atoms with E-state index < -0.39 is 17.4 Å². The molecule has 1 aromatic carbocycles. The van der Waals surface area contributed by atoms with Crippen molar-refractivity contribution >= 4 is 11.9 Å². The third kappa shape index (κ3) is 5.09. The van der Waals surface area contributed by atoms with Gasteiger partial charge in [0.05, 0.1) is 38.6 Å². The Kier molecular flexibility index (Phi) is 6.75. The van der Waals surface area contributed by atoms with Crippen molar-refractivity contribution in [2.75, 3.05) is 27.9 Å². The Balaban J connectivity index is 2.07. The third-order valence-corrected chi connectivity index (χ3v) is 3.71. The second-order valence-electron chi connectivity index (χ2n) is 6.42. The molecule has 0 atom stereocenters. The van der Waals surface area contributed by atoms with E-state index in [0.29, 0.717) is 17.2 Å². The van der Waals surface area contributed by atoms with Gasteiger partial charge in [0.2, 0.25) is 5.75 Å². The normalized spacial score (nSPS) is 10.8. The van der Waals surface area contributed by atoms with Crippen LogP contribution in [0.4, 0.5) is 0 Å². The maximum atomic E-state index is 12.5. The number of nitrogens with one attached hydrogen (secondary N) is 1. The smallest absolute Gasteiger partial charge is 0.338 e. The van der Waals surface area contributed by atoms with E-state index in [0.717, 1.165) is 0 Å². The van der Waals surface area contributed by atoms with Crippen LogP contribution in [-0.4, -0.2) is 55.3 Å². The molecular weight excluding hydrogens is 366 g/mol. The molecule has 9 nitrogen and oxygen atoms in total. The second-order valence-corrected chi connectivity index (χ2v) is 6.42. The number of amides is 1. The molecular formula is C19H23N3O6. The van der Waals surface area contributed by atoms with E-state index >= 15 is 0 Å². The quantitative estimate of drug-likeness (QED) is 0.682. The van der Waals surface area contributed by atoms with Gasteiger partial charge in [-0.25, -0.2) is 9.78 Å². The number of methoxy groups -OCH3 is 3. The summed E-state index contributed by atoms with van der Waals surface area (Å²) in [7, 11) is 4.38. The molecule has 0 aliphatic carbocycles. The molecule has 0 unspecified atom stereocenters. The number of esters is 1. The molecule has 0 aliphatic heterocycles. The average Bonchev–Trinajstić information content (AvgIpc) is 2.71. The van der Waals surface area contributed by atoms with E-state index in [4.69, 9.17) is 18.9 Å². The van der Waals surface area contributed by atoms with Crippen molar-refractivity contribution in [2.24, 2.45) is 0 Å². The summed E-state index contributed by atoms with van der Waals surface area (Å²) in [6.45, 7) is 3.39. The van der Waals surface area contributed by atoms with Crippen LogP contribution in [-0.2, 0) is 4.74 Å². The van der Waals surface area contributed by atoms with Crippen LogP contribution in [0.1, 0.15) is 34.7 Å². The minimum atomic E-state index is -0.828. The minimum Gasteiger partial charge on any atom is -0.493 e. The van der Waals surface area contributed by atoms with Crippen molar-refractivity contribution in [3.8, 4) is 17.2 Å². The van der Waals surface area contributed by atoms with E-state index in [2.05, 4.69) is 15.3 Å². The van der Waals surface area contributed by atoms with Gasteiger partial charge in [0.1, 0.15) is 12.3 Å². The Bertz CT molecular complexity index is 814. The standard InChI is InChI=1S/C19H23N3O6/c1-19(2,22-17(23)13-10-20-6-7-21-13)11-28-18(24)12-8-14(25-3)16(27-5)15(9-12)26-4/h6-10H,11H2,1-5H3,(H,22,23). The molecule has 28 heavy (non-hydrogen) atoms. The summed E-state index contributed by atoms with van der Waals surface area (Å²) in [5.41, 5.74) is -0.428. The number of hydrogen-bond donors (Lipinski definition) is 1. The number of nitrogens with zero attached hydrogens (tertiary/aromatic N) is 2. The van der Waals surface area contributed by atoms with Gasteiger partial charge in [0.25, 0.3) is 5.91 Å². The van der Waals surface area contributed by atoms with Crippen LogP contribution in [0.15, 0.2) is 30.7 Å². The van der Waals surface area contributed by atoms with Crippen molar-refractivity contribution < 1.29 is 28.5 Å². The number of carbonyl (C=O) groups excluding carboxylic acids is 2. The molecule has 0 saturated heterocycles. The van der Waals surface area contributed by atoms with Crippen molar-refractivity contribution in [3.63, 3.8) is 0 Å². The molecule has 1 amide bonds. The van der Waals surface area contributed by atoms with Gasteiger partial charge >= 0.3 is 5.97 Å². The summed E-state index contributed by atoms with van der Waals surface area (Å²) in [5, 5.41) is 2.75. The van der Waals surface area contributed by atoms with Crippen LogP contribution in [0.5, 0.6) is 17.2 Å². The first kappa shape index (κ1) is 20.9. The van der Waals surface area contributed by atoms with Gasteiger partial charge in [0.15, 0.2) is 11.5 Å². The summed E-state index contributed by atoms with van der Waals surface area (Å²) in [4.78, 5) is 32.5. The van der Waals surface area contributed by atoms with Gasteiger partial charge in [0, 0.05) is 12.4 Å². The minimum absolute atomic E-state index is 0.0610. The molecule has 150 valence electrons. The van der Waals surface area contributed by atoms with E-state index in [9.17, 15) is 9.59 Å². The largest absolute Gasteiger partial charge is 0.493 e. The summed E-state index contributed by atoms with van der Waals surface area (Å²) in [6.07, 6.45) is 4.25. The van der Waals surface area contributed by atoms with Crippen LogP contribution in [0.3, 0.4) is 0 Å². The number of aromatic nitrogens is 2. The maximum Gasteiger partial charge on any atom is 0.338 e. The van der Waals surface area contributed by atoms with Gasteiger partial charge in [-0.1, -0.05) is 0 Å². The zero-order valence-corrected chi connectivity index (χ0v) is 16.4. The molecule has 2 aromatic rings. The topological polar surface area (TPSA) is 109 Å². The Morgan fingerprint density at radius 3 is 2.18 bits per heavy atom. The highest BCUT2D eigenvalue weighted by atomic mass is 16.5. The maximum absolute atomic E-state index is 12.5. The van der Waals surface area contributed by atoms with Crippen LogP contribution < -0.4 is 19.5 Å². The van der Waals surface area contributed by atoms with Crippen molar-refractivity contribution in [3.05, 3.63) is 42.0 Å². The fraction of sp³-hybridized carbons (Fsp3) is 0.368. The van der Waals surface area contributed by atoms with Crippen LogP contribution in [0.25, 0.3) is 0 Å². The highest BCUT2D eigenvalue weighted by Gasteiger charge is 2.25. The summed E-state index contributed by atoms with van der Waals surface area (Å²) in [6, 6.07) is 2.99. The number of rotatable bonds is 8. The van der Waals surface area contributed by atoms with Gasteiger partial charge in [-0.2, -0.15) is 0 Å². The highest BCUT2D eigenvalue weighted by molar-refractivity contribution is 5.93. The predicted octanol–water partition coefficient (Wildman–Crippen LogP) is 1.87. The summed E-state index contributed by atoms with van der Waals surface area (Å²) < 4.78 is 21.1. The average molecular weight is 389 g/mol. The lowest BCUT2D eigenvalue weighted by Crippen LogP contribution is -2.47. The summed E-state index contributed by atoms with van der Waals surface area (Å²) >= 11 is 0. The van der Waals surface area contributed by atoms with E-state index in [1.807, 2.05) is 0 Å².